The molecule has 0 amide bonds. The summed E-state index contributed by atoms with van der Waals surface area (Å²) in [5.41, 5.74) is 16.4. The third-order valence-electron chi connectivity index (χ3n) is 11.8. The third kappa shape index (κ3) is 5.10. The van der Waals surface area contributed by atoms with Gasteiger partial charge in [0.1, 0.15) is 16.7 Å². The molecule has 0 saturated carbocycles. The van der Waals surface area contributed by atoms with Gasteiger partial charge in [0.05, 0.1) is 6.04 Å². The van der Waals surface area contributed by atoms with Crippen molar-refractivity contribution < 1.29 is 8.83 Å². The first-order valence-electron chi connectivity index (χ1n) is 19.4. The molecular weight excluding hydrogens is 685 g/mol. The van der Waals surface area contributed by atoms with Crippen molar-refractivity contribution in [3.8, 4) is 33.7 Å². The normalized spacial score (nSPS) is 15.8. The molecule has 2 aromatic heterocycles. The molecule has 4 heteroatoms. The predicted octanol–water partition coefficient (Wildman–Crippen LogP) is 13.9. The third-order valence-corrected chi connectivity index (χ3v) is 11.8. The van der Waals surface area contributed by atoms with Gasteiger partial charge in [0.25, 0.3) is 0 Å². The van der Waals surface area contributed by atoms with Crippen LogP contribution in [0.25, 0.3) is 72.3 Å². The van der Waals surface area contributed by atoms with Crippen LogP contribution in [0.15, 0.2) is 190 Å². The SMILES string of the molecule is CC1(C)C2=CC(N(c3ccc(-c4cccc5c4oc4c(-c6ccccc6)cccc45)cc3)c3ccc4nc(-c5ccccc5)oc4c3)CC=C2c2ccccc21. The Balaban J connectivity index is 1.02. The van der Waals surface area contributed by atoms with Crippen LogP contribution in [0.3, 0.4) is 0 Å². The number of nitrogens with zero attached hydrogens (tertiary/aromatic N) is 2. The second kappa shape index (κ2) is 12.6. The van der Waals surface area contributed by atoms with Gasteiger partial charge >= 0.3 is 0 Å². The quantitative estimate of drug-likeness (QED) is 0.171. The summed E-state index contributed by atoms with van der Waals surface area (Å²) in [6.07, 6.45) is 5.82. The van der Waals surface area contributed by atoms with E-state index < -0.39 is 0 Å². The Hall–Kier alpha value is -6.91. The van der Waals surface area contributed by atoms with E-state index in [0.29, 0.717) is 5.89 Å². The number of oxazole rings is 1. The van der Waals surface area contributed by atoms with E-state index in [1.165, 1.54) is 22.3 Å². The molecule has 0 N–H and O–H groups in total. The van der Waals surface area contributed by atoms with Crippen LogP contribution >= 0.6 is 0 Å². The number of hydrogen-bond donors (Lipinski definition) is 0. The lowest BCUT2D eigenvalue weighted by molar-refractivity contribution is 0.619. The van der Waals surface area contributed by atoms with Gasteiger partial charge < -0.3 is 13.7 Å². The summed E-state index contributed by atoms with van der Waals surface area (Å²) in [5, 5.41) is 2.24. The number of hydrogen-bond acceptors (Lipinski definition) is 4. The number of anilines is 2. The summed E-state index contributed by atoms with van der Waals surface area (Å²) >= 11 is 0. The van der Waals surface area contributed by atoms with Gasteiger partial charge in [0.15, 0.2) is 5.58 Å². The van der Waals surface area contributed by atoms with E-state index in [9.17, 15) is 0 Å². The number of fused-ring (bicyclic) bond motifs is 7. The molecule has 2 heterocycles. The van der Waals surface area contributed by atoms with Gasteiger partial charge in [-0.15, -0.1) is 0 Å². The van der Waals surface area contributed by atoms with Gasteiger partial charge in [-0.05, 0) is 76.2 Å². The van der Waals surface area contributed by atoms with Crippen LogP contribution in [0, 0.1) is 0 Å². The van der Waals surface area contributed by atoms with Crippen LogP contribution in [0.4, 0.5) is 11.4 Å². The van der Waals surface area contributed by atoms with Crippen molar-refractivity contribution in [2.75, 3.05) is 4.90 Å². The van der Waals surface area contributed by atoms with Gasteiger partial charge in [0.2, 0.25) is 5.89 Å². The first-order valence-corrected chi connectivity index (χ1v) is 19.4. The zero-order chi connectivity index (χ0) is 37.4. The Morgan fingerprint density at radius 3 is 1.89 bits per heavy atom. The molecule has 56 heavy (non-hydrogen) atoms. The van der Waals surface area contributed by atoms with E-state index in [-0.39, 0.29) is 11.5 Å². The molecule has 7 aromatic carbocycles. The standard InChI is InChI=1S/C52H38N2O2/c1-52(2)45-22-10-9-17-41(45)42-29-27-37(31-46(42)52)54(38-28-30-47-48(32-38)55-51(53-47)35-15-7-4-8-16-35)36-25-23-34(24-26-36)40-19-12-21-44-43-20-11-18-39(49(43)56-50(40)44)33-13-5-3-6-14-33/h3-26,28-32,37H,27H2,1-2H3. The van der Waals surface area contributed by atoms with Crippen LogP contribution in [-0.2, 0) is 5.41 Å². The van der Waals surface area contributed by atoms with E-state index in [1.54, 1.807) is 0 Å². The van der Waals surface area contributed by atoms with Crippen LogP contribution in [-0.4, -0.2) is 11.0 Å². The summed E-state index contributed by atoms with van der Waals surface area (Å²) in [5.74, 6) is 0.627. The molecule has 2 aliphatic rings. The maximum Gasteiger partial charge on any atom is 0.227 e. The van der Waals surface area contributed by atoms with Crippen molar-refractivity contribution in [2.45, 2.75) is 31.7 Å². The number of furan rings is 1. The van der Waals surface area contributed by atoms with Crippen molar-refractivity contribution in [1.29, 1.82) is 0 Å². The van der Waals surface area contributed by atoms with E-state index in [1.807, 2.05) is 36.4 Å². The lowest BCUT2D eigenvalue weighted by Crippen LogP contribution is -2.32. The fourth-order valence-electron chi connectivity index (χ4n) is 9.08. The van der Waals surface area contributed by atoms with Crippen molar-refractivity contribution in [3.63, 3.8) is 0 Å². The number of para-hydroxylation sites is 2. The fourth-order valence-corrected chi connectivity index (χ4v) is 9.08. The average molecular weight is 723 g/mol. The van der Waals surface area contributed by atoms with Gasteiger partial charge in [-0.1, -0.05) is 147 Å². The van der Waals surface area contributed by atoms with Gasteiger partial charge in [-0.25, -0.2) is 4.98 Å². The zero-order valence-electron chi connectivity index (χ0n) is 31.2. The van der Waals surface area contributed by atoms with Gasteiger partial charge in [-0.2, -0.15) is 0 Å². The van der Waals surface area contributed by atoms with Crippen molar-refractivity contribution in [2.24, 2.45) is 0 Å². The lowest BCUT2D eigenvalue weighted by atomic mass is 9.79. The zero-order valence-corrected chi connectivity index (χ0v) is 31.2. The van der Waals surface area contributed by atoms with E-state index in [4.69, 9.17) is 13.8 Å². The van der Waals surface area contributed by atoms with Gasteiger partial charge in [-0.3, -0.25) is 0 Å². The molecule has 1 unspecified atom stereocenters. The van der Waals surface area contributed by atoms with Crippen molar-refractivity contribution in [1.82, 2.24) is 4.98 Å². The maximum absolute atomic E-state index is 6.79. The molecule has 2 aliphatic carbocycles. The average Bonchev–Trinajstić information content (AvgIpc) is 3.92. The fraction of sp³-hybridized carbons (Fsp3) is 0.0962. The second-order valence-corrected chi connectivity index (χ2v) is 15.5. The molecule has 0 saturated heterocycles. The molecule has 9 aromatic rings. The molecule has 1 atom stereocenters. The number of benzene rings is 7. The minimum absolute atomic E-state index is 0.0809. The summed E-state index contributed by atoms with van der Waals surface area (Å²) < 4.78 is 13.2. The molecule has 0 fully saturated rings. The Bertz CT molecular complexity index is 3020. The van der Waals surface area contributed by atoms with Gasteiger partial charge in [0, 0.05) is 50.3 Å². The Morgan fingerprint density at radius 2 is 1.18 bits per heavy atom. The van der Waals surface area contributed by atoms with Crippen LogP contribution in [0.2, 0.25) is 0 Å². The largest absolute Gasteiger partial charge is 0.455 e. The molecule has 0 radical (unpaired) electrons. The highest BCUT2D eigenvalue weighted by Crippen LogP contribution is 2.52. The van der Waals surface area contributed by atoms with Crippen LogP contribution in [0.5, 0.6) is 0 Å². The molecule has 0 aliphatic heterocycles. The Morgan fingerprint density at radius 1 is 0.571 bits per heavy atom. The van der Waals surface area contributed by atoms with Crippen LogP contribution < -0.4 is 4.90 Å². The van der Waals surface area contributed by atoms with E-state index >= 15 is 0 Å². The predicted molar refractivity (Wildman–Crippen MR) is 230 cm³/mol. The molecule has 268 valence electrons. The summed E-state index contributed by atoms with van der Waals surface area (Å²) in [6.45, 7) is 4.71. The number of allylic oxidation sites excluding steroid dienone is 2. The second-order valence-electron chi connectivity index (χ2n) is 15.5. The minimum atomic E-state index is -0.0955. The molecule has 0 bridgehead atoms. The molecular formula is C52H38N2O2. The highest BCUT2D eigenvalue weighted by atomic mass is 16.3. The lowest BCUT2D eigenvalue weighted by Gasteiger charge is -2.35. The topological polar surface area (TPSA) is 42.4 Å². The highest BCUT2D eigenvalue weighted by molar-refractivity contribution is 6.13. The first kappa shape index (κ1) is 32.5. The maximum atomic E-state index is 6.79. The molecule has 11 rings (SSSR count). The number of rotatable bonds is 6. The van der Waals surface area contributed by atoms with Crippen molar-refractivity contribution in [3.05, 3.63) is 193 Å². The highest BCUT2D eigenvalue weighted by Gasteiger charge is 2.40. The monoisotopic (exact) mass is 722 g/mol. The van der Waals surface area contributed by atoms with E-state index in [0.717, 1.165) is 78.7 Å². The molecule has 0 spiro atoms. The summed E-state index contributed by atoms with van der Waals surface area (Å²) in [7, 11) is 0. The summed E-state index contributed by atoms with van der Waals surface area (Å²) in [6, 6.07) is 57.8. The Labute approximate surface area is 325 Å². The van der Waals surface area contributed by atoms with Crippen molar-refractivity contribution >= 4 is 50.0 Å². The Kier molecular flexibility index (Phi) is 7.30. The van der Waals surface area contributed by atoms with E-state index in [2.05, 4.69) is 158 Å². The minimum Gasteiger partial charge on any atom is -0.455 e. The smallest absolute Gasteiger partial charge is 0.227 e. The van der Waals surface area contributed by atoms with Crippen LogP contribution in [0.1, 0.15) is 31.4 Å². The summed E-state index contributed by atoms with van der Waals surface area (Å²) in [4.78, 5) is 7.31. The first-order chi connectivity index (χ1) is 27.5. The molecule has 4 nitrogen and oxygen atoms in total. The number of aromatic nitrogens is 1.